The first kappa shape index (κ1) is 19.1. The summed E-state index contributed by atoms with van der Waals surface area (Å²) in [5, 5.41) is 3.99. The van der Waals surface area contributed by atoms with Gasteiger partial charge in [0.15, 0.2) is 11.6 Å². The van der Waals surface area contributed by atoms with E-state index in [1.807, 2.05) is 36.4 Å². The highest BCUT2D eigenvalue weighted by Gasteiger charge is 2.08. The lowest BCUT2D eigenvalue weighted by molar-refractivity contribution is 0.279. The van der Waals surface area contributed by atoms with Crippen LogP contribution in [0.3, 0.4) is 0 Å². The molecule has 8 heteroatoms. The minimum atomic E-state index is -0.638. The summed E-state index contributed by atoms with van der Waals surface area (Å²) in [6.07, 6.45) is 2.57. The number of hydrogen-bond donors (Lipinski definition) is 1. The standard InChI is InChI=1S/C20H19FN4O3/c1-26-16-8-6-14(7-9-16)11-23-25-19-18(21)12-22-20(24-19)28-13-15-4-3-5-17(10-15)27-2/h3-12H,13H2,1-2H3,(H,22,24,25)/b23-11+. The van der Waals surface area contributed by atoms with Gasteiger partial charge in [0.2, 0.25) is 0 Å². The normalized spacial score (nSPS) is 10.7. The average molecular weight is 382 g/mol. The van der Waals surface area contributed by atoms with Crippen molar-refractivity contribution in [1.82, 2.24) is 9.97 Å². The van der Waals surface area contributed by atoms with Gasteiger partial charge in [0, 0.05) is 0 Å². The molecule has 3 rings (SSSR count). The van der Waals surface area contributed by atoms with Crippen molar-refractivity contribution < 1.29 is 18.6 Å². The Bertz CT molecular complexity index is 948. The zero-order valence-corrected chi connectivity index (χ0v) is 15.4. The fourth-order valence-corrected chi connectivity index (χ4v) is 2.27. The van der Waals surface area contributed by atoms with Crippen LogP contribution >= 0.6 is 0 Å². The van der Waals surface area contributed by atoms with Crippen LogP contribution in [-0.2, 0) is 6.61 Å². The number of halogens is 1. The minimum Gasteiger partial charge on any atom is -0.497 e. The third kappa shape index (κ3) is 5.16. The van der Waals surface area contributed by atoms with Gasteiger partial charge >= 0.3 is 6.01 Å². The summed E-state index contributed by atoms with van der Waals surface area (Å²) >= 11 is 0. The SMILES string of the molecule is COc1ccc(/C=N/Nc2nc(OCc3cccc(OC)c3)ncc2F)cc1. The first-order chi connectivity index (χ1) is 13.7. The Labute approximate surface area is 161 Å². The van der Waals surface area contributed by atoms with Crippen LogP contribution in [0.1, 0.15) is 11.1 Å². The maximum Gasteiger partial charge on any atom is 0.318 e. The fourth-order valence-electron chi connectivity index (χ4n) is 2.27. The van der Waals surface area contributed by atoms with E-state index in [4.69, 9.17) is 14.2 Å². The molecule has 0 bridgehead atoms. The number of nitrogens with one attached hydrogen (secondary N) is 1. The van der Waals surface area contributed by atoms with Gasteiger partial charge in [-0.3, -0.25) is 5.43 Å². The number of nitrogens with zero attached hydrogens (tertiary/aromatic N) is 3. The van der Waals surface area contributed by atoms with Crippen LogP contribution in [0.5, 0.6) is 17.5 Å². The highest BCUT2D eigenvalue weighted by molar-refractivity contribution is 5.80. The summed E-state index contributed by atoms with van der Waals surface area (Å²) in [5.74, 6) is 0.738. The van der Waals surface area contributed by atoms with E-state index in [9.17, 15) is 4.39 Å². The van der Waals surface area contributed by atoms with Crippen molar-refractivity contribution in [2.45, 2.75) is 6.61 Å². The quantitative estimate of drug-likeness (QED) is 0.473. The molecule has 3 aromatic rings. The molecule has 0 aliphatic rings. The van der Waals surface area contributed by atoms with E-state index in [0.717, 1.165) is 28.8 Å². The van der Waals surface area contributed by atoms with Crippen molar-refractivity contribution in [3.8, 4) is 17.5 Å². The van der Waals surface area contributed by atoms with Crippen molar-refractivity contribution in [1.29, 1.82) is 0 Å². The van der Waals surface area contributed by atoms with Crippen LogP contribution in [-0.4, -0.2) is 30.4 Å². The lowest BCUT2D eigenvalue weighted by atomic mass is 10.2. The Kier molecular flexibility index (Phi) is 6.35. The smallest absolute Gasteiger partial charge is 0.318 e. The lowest BCUT2D eigenvalue weighted by Gasteiger charge is -2.07. The van der Waals surface area contributed by atoms with E-state index < -0.39 is 5.82 Å². The summed E-state index contributed by atoms with van der Waals surface area (Å²) in [5.41, 5.74) is 4.25. The van der Waals surface area contributed by atoms with Crippen LogP contribution in [0.4, 0.5) is 10.2 Å². The summed E-state index contributed by atoms with van der Waals surface area (Å²) < 4.78 is 29.7. The molecule has 0 unspecified atom stereocenters. The molecule has 0 saturated heterocycles. The number of rotatable bonds is 8. The highest BCUT2D eigenvalue weighted by atomic mass is 19.1. The third-order valence-corrected chi connectivity index (χ3v) is 3.72. The Morgan fingerprint density at radius 1 is 1.07 bits per heavy atom. The third-order valence-electron chi connectivity index (χ3n) is 3.72. The summed E-state index contributed by atoms with van der Waals surface area (Å²) in [4.78, 5) is 7.84. The predicted molar refractivity (Wildman–Crippen MR) is 104 cm³/mol. The number of hydrogen-bond acceptors (Lipinski definition) is 7. The average Bonchev–Trinajstić information content (AvgIpc) is 2.74. The van der Waals surface area contributed by atoms with Gasteiger partial charge in [-0.15, -0.1) is 0 Å². The fraction of sp³-hybridized carbons (Fsp3) is 0.150. The molecule has 2 aromatic carbocycles. The lowest BCUT2D eigenvalue weighted by Crippen LogP contribution is -2.04. The molecule has 0 amide bonds. The zero-order valence-electron chi connectivity index (χ0n) is 15.4. The Hall–Kier alpha value is -3.68. The van der Waals surface area contributed by atoms with E-state index in [2.05, 4.69) is 20.5 Å². The summed E-state index contributed by atoms with van der Waals surface area (Å²) in [6.45, 7) is 0.220. The van der Waals surface area contributed by atoms with Gasteiger partial charge in [-0.25, -0.2) is 9.37 Å². The molecule has 144 valence electrons. The second kappa shape index (κ2) is 9.31. The molecule has 0 atom stereocenters. The topological polar surface area (TPSA) is 77.9 Å². The molecule has 28 heavy (non-hydrogen) atoms. The Balaban J connectivity index is 1.62. The van der Waals surface area contributed by atoms with Crippen LogP contribution in [0.2, 0.25) is 0 Å². The van der Waals surface area contributed by atoms with Crippen LogP contribution in [0, 0.1) is 5.82 Å². The Morgan fingerprint density at radius 2 is 1.86 bits per heavy atom. The van der Waals surface area contributed by atoms with Gasteiger partial charge in [-0.2, -0.15) is 10.1 Å². The number of aromatic nitrogens is 2. The number of anilines is 1. The first-order valence-electron chi connectivity index (χ1n) is 8.39. The van der Waals surface area contributed by atoms with E-state index in [0.29, 0.717) is 0 Å². The van der Waals surface area contributed by atoms with E-state index in [1.165, 1.54) is 6.21 Å². The van der Waals surface area contributed by atoms with Crippen LogP contribution in [0.25, 0.3) is 0 Å². The molecule has 1 N–H and O–H groups in total. The van der Waals surface area contributed by atoms with Crippen molar-refractivity contribution in [3.63, 3.8) is 0 Å². The monoisotopic (exact) mass is 382 g/mol. The summed E-state index contributed by atoms with van der Waals surface area (Å²) in [6, 6.07) is 14.7. The Morgan fingerprint density at radius 3 is 2.61 bits per heavy atom. The van der Waals surface area contributed by atoms with Gasteiger partial charge in [0.1, 0.15) is 18.1 Å². The van der Waals surface area contributed by atoms with Crippen molar-refractivity contribution in [2.24, 2.45) is 5.10 Å². The molecule has 0 aliphatic heterocycles. The highest BCUT2D eigenvalue weighted by Crippen LogP contribution is 2.17. The molecule has 0 radical (unpaired) electrons. The molecule has 1 heterocycles. The largest absolute Gasteiger partial charge is 0.497 e. The van der Waals surface area contributed by atoms with E-state index in [-0.39, 0.29) is 18.4 Å². The van der Waals surface area contributed by atoms with Gasteiger partial charge in [-0.1, -0.05) is 12.1 Å². The molecular weight excluding hydrogens is 363 g/mol. The molecule has 7 nitrogen and oxygen atoms in total. The van der Waals surface area contributed by atoms with Crippen LogP contribution < -0.4 is 19.6 Å². The molecule has 0 fully saturated rings. The number of ether oxygens (including phenoxy) is 3. The van der Waals surface area contributed by atoms with Crippen LogP contribution in [0.15, 0.2) is 59.8 Å². The molecular formula is C20H19FN4O3. The van der Waals surface area contributed by atoms with Crippen molar-refractivity contribution in [2.75, 3.05) is 19.6 Å². The van der Waals surface area contributed by atoms with Gasteiger partial charge in [0.25, 0.3) is 0 Å². The molecule has 0 saturated carbocycles. The maximum atomic E-state index is 13.9. The maximum absolute atomic E-state index is 13.9. The van der Waals surface area contributed by atoms with Crippen molar-refractivity contribution in [3.05, 3.63) is 71.7 Å². The van der Waals surface area contributed by atoms with Crippen molar-refractivity contribution >= 4 is 12.0 Å². The van der Waals surface area contributed by atoms with Gasteiger partial charge in [0.05, 0.1) is 26.6 Å². The van der Waals surface area contributed by atoms with E-state index >= 15 is 0 Å². The van der Waals surface area contributed by atoms with Gasteiger partial charge < -0.3 is 14.2 Å². The second-order valence-electron chi connectivity index (χ2n) is 5.63. The minimum absolute atomic E-state index is 0.0337. The molecule has 0 aliphatic carbocycles. The number of benzene rings is 2. The summed E-state index contributed by atoms with van der Waals surface area (Å²) in [7, 11) is 3.18. The van der Waals surface area contributed by atoms with E-state index in [1.54, 1.807) is 26.4 Å². The molecule has 0 spiro atoms. The zero-order chi connectivity index (χ0) is 19.8. The number of methoxy groups -OCH3 is 2. The van der Waals surface area contributed by atoms with Gasteiger partial charge in [-0.05, 0) is 47.5 Å². The number of hydrazone groups is 1. The predicted octanol–water partition coefficient (Wildman–Crippen LogP) is 3.66. The molecule has 1 aromatic heterocycles. The first-order valence-corrected chi connectivity index (χ1v) is 8.39. The second-order valence-corrected chi connectivity index (χ2v) is 5.63.